The first-order valence-corrected chi connectivity index (χ1v) is 12.7. The second kappa shape index (κ2) is 10.1. The summed E-state index contributed by atoms with van der Waals surface area (Å²) in [7, 11) is 1.76. The van der Waals surface area contributed by atoms with E-state index in [1.165, 1.54) is 38.2 Å². The average Bonchev–Trinajstić information content (AvgIpc) is 3.20. The normalized spacial score (nSPS) is 17.8. The lowest BCUT2D eigenvalue weighted by Crippen LogP contribution is -2.57. The molecule has 5 rings (SSSR count). The van der Waals surface area contributed by atoms with Gasteiger partial charge in [-0.1, -0.05) is 24.4 Å². The quantitative estimate of drug-likeness (QED) is 0.478. The molecule has 1 saturated heterocycles. The van der Waals surface area contributed by atoms with Gasteiger partial charge in [-0.25, -0.2) is 14.4 Å². The Balaban J connectivity index is 1.50. The van der Waals surface area contributed by atoms with Crippen LogP contribution in [0.15, 0.2) is 28.8 Å². The van der Waals surface area contributed by atoms with Gasteiger partial charge in [-0.15, -0.1) is 0 Å². The molecule has 3 aromatic rings. The van der Waals surface area contributed by atoms with E-state index < -0.39 is 11.9 Å². The largest absolute Gasteiger partial charge is 0.491 e. The summed E-state index contributed by atoms with van der Waals surface area (Å²) in [5.74, 6) is 1.73. The van der Waals surface area contributed by atoms with Crippen molar-refractivity contribution in [1.82, 2.24) is 20.4 Å². The molecule has 1 saturated carbocycles. The molecule has 9 heteroatoms. The summed E-state index contributed by atoms with van der Waals surface area (Å²) in [5.41, 5.74) is 2.81. The van der Waals surface area contributed by atoms with Crippen LogP contribution in [0.5, 0.6) is 5.75 Å². The SMILES string of the molecule is CNC[C@@H](O)COc1ccc(F)c(-c2nc(-c3c(C)noc3C)cc(N3CC4(CCCCC4)C3)n2)c1. The molecule has 36 heavy (non-hydrogen) atoms. The molecular weight excluding hydrogens is 461 g/mol. The number of nitrogens with zero attached hydrogens (tertiary/aromatic N) is 4. The maximum absolute atomic E-state index is 15.1. The van der Waals surface area contributed by atoms with Gasteiger partial charge in [0, 0.05) is 31.1 Å². The van der Waals surface area contributed by atoms with Gasteiger partial charge in [-0.05, 0) is 51.9 Å². The summed E-state index contributed by atoms with van der Waals surface area (Å²) in [6.07, 6.45) is 5.73. The standard InChI is InChI=1S/C27H34FN5O3/c1-17-25(18(2)36-32-17)23-12-24(33-15-27(16-33)9-5-4-6-10-27)31-26(30-23)21-11-20(7-8-22(21)28)35-14-19(34)13-29-3/h7-8,11-12,19,29,34H,4-6,9-10,13-16H2,1-3H3/t19-/m1/s1. The zero-order valence-corrected chi connectivity index (χ0v) is 21.2. The molecule has 2 fully saturated rings. The van der Waals surface area contributed by atoms with Crippen LogP contribution < -0.4 is 15.0 Å². The Kier molecular flexibility index (Phi) is 6.94. The zero-order valence-electron chi connectivity index (χ0n) is 21.2. The first kappa shape index (κ1) is 24.6. The van der Waals surface area contributed by atoms with Gasteiger partial charge >= 0.3 is 0 Å². The summed E-state index contributed by atoms with van der Waals surface area (Å²) in [6.45, 7) is 6.13. The minimum absolute atomic E-state index is 0.0903. The molecule has 1 aliphatic heterocycles. The lowest BCUT2D eigenvalue weighted by atomic mass is 9.68. The Morgan fingerprint density at radius 2 is 1.94 bits per heavy atom. The number of halogens is 1. The fourth-order valence-corrected chi connectivity index (χ4v) is 5.49. The smallest absolute Gasteiger partial charge is 0.165 e. The number of nitrogens with one attached hydrogen (secondary N) is 1. The minimum Gasteiger partial charge on any atom is -0.491 e. The average molecular weight is 496 g/mol. The molecular formula is C27H34FN5O3. The van der Waals surface area contributed by atoms with Crippen LogP contribution >= 0.6 is 0 Å². The number of aromatic nitrogens is 3. The number of anilines is 1. The summed E-state index contributed by atoms with van der Waals surface area (Å²) in [4.78, 5) is 11.8. The van der Waals surface area contributed by atoms with Crippen molar-refractivity contribution in [2.24, 2.45) is 5.41 Å². The lowest BCUT2D eigenvalue weighted by molar-refractivity contribution is 0.108. The number of aliphatic hydroxyl groups excluding tert-OH is 1. The number of hydrogen-bond donors (Lipinski definition) is 2. The molecule has 1 atom stereocenters. The van der Waals surface area contributed by atoms with Crippen molar-refractivity contribution in [2.75, 3.05) is 38.2 Å². The van der Waals surface area contributed by atoms with E-state index in [0.29, 0.717) is 29.2 Å². The predicted octanol–water partition coefficient (Wildman–Crippen LogP) is 4.28. The third kappa shape index (κ3) is 4.95. The topological polar surface area (TPSA) is 96.5 Å². The number of aryl methyl sites for hydroxylation is 2. The van der Waals surface area contributed by atoms with Crippen molar-refractivity contribution >= 4 is 5.82 Å². The molecule has 8 nitrogen and oxygen atoms in total. The molecule has 2 aromatic heterocycles. The van der Waals surface area contributed by atoms with Crippen LogP contribution in [-0.4, -0.2) is 59.6 Å². The lowest BCUT2D eigenvalue weighted by Gasteiger charge is -2.53. The fourth-order valence-electron chi connectivity index (χ4n) is 5.49. The van der Waals surface area contributed by atoms with Crippen LogP contribution in [0.25, 0.3) is 22.6 Å². The van der Waals surface area contributed by atoms with E-state index in [-0.39, 0.29) is 18.0 Å². The number of hydrogen-bond acceptors (Lipinski definition) is 8. The third-order valence-corrected chi connectivity index (χ3v) is 7.35. The maximum atomic E-state index is 15.1. The molecule has 1 spiro atoms. The van der Waals surface area contributed by atoms with E-state index in [2.05, 4.69) is 15.4 Å². The van der Waals surface area contributed by atoms with E-state index in [1.807, 2.05) is 19.9 Å². The molecule has 2 N–H and O–H groups in total. The predicted molar refractivity (Wildman–Crippen MR) is 136 cm³/mol. The highest BCUT2D eigenvalue weighted by Crippen LogP contribution is 2.46. The van der Waals surface area contributed by atoms with Crippen LogP contribution in [-0.2, 0) is 0 Å². The summed E-state index contributed by atoms with van der Waals surface area (Å²) in [5, 5.41) is 17.0. The second-order valence-corrected chi connectivity index (χ2v) is 10.2. The Morgan fingerprint density at radius 1 is 1.17 bits per heavy atom. The number of ether oxygens (including phenoxy) is 1. The highest BCUT2D eigenvalue weighted by molar-refractivity contribution is 5.71. The van der Waals surface area contributed by atoms with Gasteiger partial charge in [0.15, 0.2) is 5.82 Å². The Hall–Kier alpha value is -3.04. The number of likely N-dealkylation sites (N-methyl/N-ethyl adjacent to an activating group) is 1. The highest BCUT2D eigenvalue weighted by atomic mass is 19.1. The minimum atomic E-state index is -0.673. The van der Waals surface area contributed by atoms with Crippen molar-refractivity contribution in [3.05, 3.63) is 41.5 Å². The monoisotopic (exact) mass is 495 g/mol. The van der Waals surface area contributed by atoms with Crippen molar-refractivity contribution in [3.8, 4) is 28.4 Å². The van der Waals surface area contributed by atoms with Gasteiger partial charge in [-0.3, -0.25) is 0 Å². The van der Waals surface area contributed by atoms with Crippen LogP contribution in [0.2, 0.25) is 0 Å². The maximum Gasteiger partial charge on any atom is 0.165 e. The molecule has 0 amide bonds. The number of rotatable bonds is 8. The van der Waals surface area contributed by atoms with Gasteiger partial charge in [0.25, 0.3) is 0 Å². The molecule has 1 aliphatic carbocycles. The molecule has 3 heterocycles. The van der Waals surface area contributed by atoms with Crippen molar-refractivity contribution in [3.63, 3.8) is 0 Å². The van der Waals surface area contributed by atoms with Gasteiger partial charge in [0.2, 0.25) is 0 Å². The van der Waals surface area contributed by atoms with Crippen LogP contribution in [0.3, 0.4) is 0 Å². The summed E-state index contributed by atoms with van der Waals surface area (Å²) < 4.78 is 26.2. The molecule has 0 unspecified atom stereocenters. The van der Waals surface area contributed by atoms with Crippen LogP contribution in [0, 0.1) is 25.1 Å². The molecule has 0 bridgehead atoms. The van der Waals surface area contributed by atoms with Crippen molar-refractivity contribution in [2.45, 2.75) is 52.1 Å². The van der Waals surface area contributed by atoms with E-state index in [9.17, 15) is 5.11 Å². The zero-order chi connectivity index (χ0) is 25.3. The van der Waals surface area contributed by atoms with Crippen LogP contribution in [0.1, 0.15) is 43.6 Å². The Bertz CT molecular complexity index is 1200. The van der Waals surface area contributed by atoms with Crippen LogP contribution in [0.4, 0.5) is 10.2 Å². The molecule has 1 aromatic carbocycles. The summed E-state index contributed by atoms with van der Waals surface area (Å²) in [6, 6.07) is 6.45. The first-order chi connectivity index (χ1) is 17.4. The van der Waals surface area contributed by atoms with Gasteiger partial charge in [0.1, 0.15) is 35.9 Å². The molecule has 2 aliphatic rings. The van der Waals surface area contributed by atoms with Crippen molar-refractivity contribution in [1.29, 1.82) is 0 Å². The van der Waals surface area contributed by atoms with Gasteiger partial charge in [0.05, 0.1) is 22.5 Å². The van der Waals surface area contributed by atoms with Gasteiger partial charge in [-0.2, -0.15) is 0 Å². The van der Waals surface area contributed by atoms with E-state index in [4.69, 9.17) is 19.2 Å². The Labute approximate surface area is 210 Å². The first-order valence-electron chi connectivity index (χ1n) is 12.7. The number of benzene rings is 1. The van der Waals surface area contributed by atoms with E-state index in [0.717, 1.165) is 30.2 Å². The van der Waals surface area contributed by atoms with E-state index >= 15 is 4.39 Å². The summed E-state index contributed by atoms with van der Waals surface area (Å²) >= 11 is 0. The molecule has 0 radical (unpaired) electrons. The fraction of sp³-hybridized carbons (Fsp3) is 0.519. The second-order valence-electron chi connectivity index (χ2n) is 10.2. The highest BCUT2D eigenvalue weighted by Gasteiger charge is 2.44. The van der Waals surface area contributed by atoms with Crippen molar-refractivity contribution < 1.29 is 18.8 Å². The molecule has 192 valence electrons. The van der Waals surface area contributed by atoms with E-state index in [1.54, 1.807) is 19.2 Å². The third-order valence-electron chi connectivity index (χ3n) is 7.35. The Morgan fingerprint density at radius 3 is 2.64 bits per heavy atom. The van der Waals surface area contributed by atoms with Gasteiger partial charge < -0.3 is 24.6 Å². The number of aliphatic hydroxyl groups is 1.